The third-order valence-electron chi connectivity index (χ3n) is 2.24. The van der Waals surface area contributed by atoms with Crippen LogP contribution >= 0.6 is 0 Å². The van der Waals surface area contributed by atoms with Gasteiger partial charge in [-0.1, -0.05) is 13.2 Å². The lowest BCUT2D eigenvalue weighted by Crippen LogP contribution is -2.26. The van der Waals surface area contributed by atoms with E-state index in [-0.39, 0.29) is 17.0 Å². The summed E-state index contributed by atoms with van der Waals surface area (Å²) in [4.78, 5) is 11.6. The van der Waals surface area contributed by atoms with E-state index in [1.165, 1.54) is 36.4 Å². The van der Waals surface area contributed by atoms with Crippen LogP contribution in [0.4, 0.5) is 19.3 Å². The van der Waals surface area contributed by atoms with Crippen LogP contribution < -0.4 is 15.4 Å². The summed E-state index contributed by atoms with van der Waals surface area (Å²) in [6, 6.07) is 6.66. The van der Waals surface area contributed by atoms with Crippen LogP contribution in [0.15, 0.2) is 60.8 Å². The van der Waals surface area contributed by atoms with Crippen LogP contribution in [0.5, 0.6) is 5.75 Å². The Bertz CT molecular complexity index is 631. The van der Waals surface area contributed by atoms with Crippen molar-refractivity contribution >= 4 is 11.7 Å². The van der Waals surface area contributed by atoms with E-state index in [1.807, 2.05) is 6.07 Å². The van der Waals surface area contributed by atoms with Gasteiger partial charge >= 0.3 is 12.6 Å². The van der Waals surface area contributed by atoms with Gasteiger partial charge in [-0.25, -0.2) is 4.79 Å². The summed E-state index contributed by atoms with van der Waals surface area (Å²) in [6.45, 7) is 4.11. The fourth-order valence-corrected chi connectivity index (χ4v) is 1.31. The van der Waals surface area contributed by atoms with Gasteiger partial charge in [-0.2, -0.15) is 14.0 Å². The first-order valence-electron chi connectivity index (χ1n) is 5.99. The molecule has 0 aliphatic carbocycles. The van der Waals surface area contributed by atoms with Crippen molar-refractivity contribution in [1.29, 1.82) is 5.26 Å². The molecule has 0 radical (unpaired) electrons. The van der Waals surface area contributed by atoms with Crippen LogP contribution in [0.1, 0.15) is 0 Å². The number of urea groups is 1. The number of benzene rings is 1. The van der Waals surface area contributed by atoms with E-state index >= 15 is 0 Å². The maximum absolute atomic E-state index is 12.0. The Balaban J connectivity index is 2.51. The first-order chi connectivity index (χ1) is 10.4. The topological polar surface area (TPSA) is 74.2 Å². The maximum atomic E-state index is 12.0. The molecule has 0 fully saturated rings. The van der Waals surface area contributed by atoms with Crippen molar-refractivity contribution in [3.8, 4) is 11.8 Å². The van der Waals surface area contributed by atoms with E-state index in [0.717, 1.165) is 0 Å². The largest absolute Gasteiger partial charge is 0.435 e. The predicted molar refractivity (Wildman–Crippen MR) is 78.3 cm³/mol. The molecule has 0 heterocycles. The molecule has 0 aromatic heterocycles. The van der Waals surface area contributed by atoms with Crippen LogP contribution in [0.25, 0.3) is 0 Å². The Morgan fingerprint density at radius 3 is 2.45 bits per heavy atom. The van der Waals surface area contributed by atoms with Crippen LogP contribution in [0.2, 0.25) is 0 Å². The molecule has 0 atom stereocenters. The van der Waals surface area contributed by atoms with Crippen molar-refractivity contribution in [3.05, 3.63) is 60.8 Å². The summed E-state index contributed by atoms with van der Waals surface area (Å²) in [5.74, 6) is -0.0108. The molecule has 0 bridgehead atoms. The monoisotopic (exact) mass is 305 g/mol. The smallest absolute Gasteiger partial charge is 0.387 e. The fraction of sp³-hybridized carbons (Fsp3) is 0.0667. The quantitative estimate of drug-likeness (QED) is 0.623. The number of nitriles is 1. The number of hydrogen-bond donors (Lipinski definition) is 2. The van der Waals surface area contributed by atoms with Crippen molar-refractivity contribution in [3.63, 3.8) is 0 Å². The summed E-state index contributed by atoms with van der Waals surface area (Å²) < 4.78 is 28.2. The number of rotatable bonds is 6. The second-order valence-corrected chi connectivity index (χ2v) is 3.98. The van der Waals surface area contributed by atoms with Gasteiger partial charge in [-0.05, 0) is 36.4 Å². The van der Waals surface area contributed by atoms with E-state index in [0.29, 0.717) is 5.69 Å². The Morgan fingerprint density at radius 2 is 1.91 bits per heavy atom. The third-order valence-corrected chi connectivity index (χ3v) is 2.24. The second-order valence-electron chi connectivity index (χ2n) is 3.98. The van der Waals surface area contributed by atoms with Crippen molar-refractivity contribution in [2.45, 2.75) is 6.61 Å². The number of anilines is 1. The highest BCUT2D eigenvalue weighted by Crippen LogP contribution is 2.17. The molecule has 5 nitrogen and oxygen atoms in total. The van der Waals surface area contributed by atoms with Crippen molar-refractivity contribution in [2.24, 2.45) is 0 Å². The molecule has 0 aliphatic rings. The predicted octanol–water partition coefficient (Wildman–Crippen LogP) is 3.56. The number of amides is 2. The third kappa shape index (κ3) is 6.34. The highest BCUT2D eigenvalue weighted by atomic mass is 19.3. The van der Waals surface area contributed by atoms with Crippen molar-refractivity contribution < 1.29 is 18.3 Å². The molecule has 1 aromatic rings. The molecule has 114 valence electrons. The number of carbonyl (C=O) groups is 1. The van der Waals surface area contributed by atoms with Gasteiger partial charge in [0.1, 0.15) is 5.75 Å². The molecule has 0 aliphatic heterocycles. The maximum Gasteiger partial charge on any atom is 0.387 e. The summed E-state index contributed by atoms with van der Waals surface area (Å²) >= 11 is 0. The molecule has 22 heavy (non-hydrogen) atoms. The average Bonchev–Trinajstić information content (AvgIpc) is 2.46. The molecule has 2 amide bonds. The van der Waals surface area contributed by atoms with E-state index in [1.54, 1.807) is 0 Å². The van der Waals surface area contributed by atoms with Gasteiger partial charge in [0, 0.05) is 17.0 Å². The summed E-state index contributed by atoms with van der Waals surface area (Å²) in [5.41, 5.74) is 0.863. The van der Waals surface area contributed by atoms with E-state index in [2.05, 4.69) is 28.5 Å². The molecule has 7 heteroatoms. The molecule has 1 rings (SSSR count). The minimum absolute atomic E-state index is 0.0108. The zero-order chi connectivity index (χ0) is 16.5. The Hall–Kier alpha value is -3.14. The normalized spacial score (nSPS) is 10.1. The van der Waals surface area contributed by atoms with Gasteiger partial charge in [0.15, 0.2) is 0 Å². The molecule has 2 N–H and O–H groups in total. The number of nitrogens with one attached hydrogen (secondary N) is 2. The van der Waals surface area contributed by atoms with Gasteiger partial charge in [0.2, 0.25) is 0 Å². The van der Waals surface area contributed by atoms with Gasteiger partial charge < -0.3 is 15.4 Å². The molecular formula is C15H13F2N3O2. The van der Waals surface area contributed by atoms with Crippen LogP contribution in [-0.4, -0.2) is 12.6 Å². The Labute approximate surface area is 126 Å². The van der Waals surface area contributed by atoms with Crippen molar-refractivity contribution in [1.82, 2.24) is 5.32 Å². The first-order valence-corrected chi connectivity index (χ1v) is 5.99. The lowest BCUT2D eigenvalue weighted by Gasteiger charge is -2.08. The van der Waals surface area contributed by atoms with E-state index in [9.17, 15) is 13.6 Å². The SMILES string of the molecule is C=C(C#N)/C=C\C(=C)NC(=O)Nc1ccc(OC(F)F)cc1. The lowest BCUT2D eigenvalue weighted by atomic mass is 10.3. The standard InChI is InChI=1S/C15H13F2N3O2/c1-10(9-18)3-4-11(2)19-15(21)20-12-5-7-13(8-6-12)22-14(16)17/h3-8,14H,1-2H2,(H2,19,20,21)/b4-3-. The number of carbonyl (C=O) groups excluding carboxylic acids is 1. The zero-order valence-electron chi connectivity index (χ0n) is 11.5. The van der Waals surface area contributed by atoms with Crippen LogP contribution in [0.3, 0.4) is 0 Å². The molecule has 1 aromatic carbocycles. The van der Waals surface area contributed by atoms with Crippen molar-refractivity contribution in [2.75, 3.05) is 5.32 Å². The van der Waals surface area contributed by atoms with Gasteiger partial charge in [0.25, 0.3) is 0 Å². The molecular weight excluding hydrogens is 292 g/mol. The number of ether oxygens (including phenoxy) is 1. The molecule has 0 spiro atoms. The van der Waals surface area contributed by atoms with Gasteiger partial charge in [-0.15, -0.1) is 0 Å². The average molecular weight is 305 g/mol. The second kappa shape index (κ2) is 8.21. The summed E-state index contributed by atoms with van der Waals surface area (Å²) in [6.07, 6.45) is 2.82. The van der Waals surface area contributed by atoms with E-state index < -0.39 is 12.6 Å². The molecule has 0 saturated carbocycles. The Morgan fingerprint density at radius 1 is 1.27 bits per heavy atom. The summed E-state index contributed by atoms with van der Waals surface area (Å²) in [5, 5.41) is 13.4. The number of hydrogen-bond acceptors (Lipinski definition) is 3. The van der Waals surface area contributed by atoms with Crippen LogP contribution in [-0.2, 0) is 0 Å². The number of nitrogens with zero attached hydrogens (tertiary/aromatic N) is 1. The highest BCUT2D eigenvalue weighted by molar-refractivity contribution is 5.90. The highest BCUT2D eigenvalue weighted by Gasteiger charge is 2.05. The lowest BCUT2D eigenvalue weighted by molar-refractivity contribution is -0.0498. The molecule has 0 unspecified atom stereocenters. The minimum Gasteiger partial charge on any atom is -0.435 e. The molecule has 0 saturated heterocycles. The number of alkyl halides is 2. The van der Waals surface area contributed by atoms with Gasteiger partial charge in [0.05, 0.1) is 6.07 Å². The first kappa shape index (κ1) is 16.9. The van der Waals surface area contributed by atoms with E-state index in [4.69, 9.17) is 5.26 Å². The minimum atomic E-state index is -2.90. The van der Waals surface area contributed by atoms with Crippen LogP contribution in [0, 0.1) is 11.3 Å². The number of allylic oxidation sites excluding steroid dienone is 3. The summed E-state index contributed by atoms with van der Waals surface area (Å²) in [7, 11) is 0. The van der Waals surface area contributed by atoms with Gasteiger partial charge in [-0.3, -0.25) is 0 Å². The zero-order valence-corrected chi connectivity index (χ0v) is 11.5. The fourth-order valence-electron chi connectivity index (χ4n) is 1.31. The number of halogens is 2. The Kier molecular flexibility index (Phi) is 6.32.